The fraction of sp³-hybridized carbons (Fsp3) is 0.357. The number of methoxy groups -OCH3 is 1. The average molecular weight is 232 g/mol. The molecule has 0 aliphatic rings. The Hall–Kier alpha value is -1.61. The lowest BCUT2D eigenvalue weighted by Crippen LogP contribution is -2.28. The van der Waals surface area contributed by atoms with Crippen LogP contribution in [-0.2, 0) is 4.74 Å². The number of benzene rings is 1. The number of Topliss-reactive ketones (excluding diaryl/α,β-unsaturated/α-hetero) is 1. The maximum Gasteiger partial charge on any atom is 0.226 e. The van der Waals surface area contributed by atoms with Gasteiger partial charge in [-0.3, -0.25) is 4.79 Å². The number of ketones is 1. The summed E-state index contributed by atoms with van der Waals surface area (Å²) in [6.45, 7) is 3.91. The van der Waals surface area contributed by atoms with E-state index in [0.29, 0.717) is 5.76 Å². The fourth-order valence-electron chi connectivity index (χ4n) is 1.93. The number of hydrogen-bond donors (Lipinski definition) is 0. The Bertz CT molecular complexity index is 492. The van der Waals surface area contributed by atoms with Crippen molar-refractivity contribution in [1.82, 2.24) is 0 Å². The van der Waals surface area contributed by atoms with Crippen LogP contribution in [0.3, 0.4) is 0 Å². The van der Waals surface area contributed by atoms with Gasteiger partial charge in [-0.2, -0.15) is 0 Å². The normalized spacial score (nSPS) is 13.2. The van der Waals surface area contributed by atoms with E-state index in [2.05, 4.69) is 0 Å². The third-order valence-electron chi connectivity index (χ3n) is 2.79. The van der Waals surface area contributed by atoms with Crippen LogP contribution in [0.2, 0.25) is 0 Å². The second-order valence-electron chi connectivity index (χ2n) is 4.41. The van der Waals surface area contributed by atoms with Crippen molar-refractivity contribution in [3.05, 3.63) is 36.1 Å². The van der Waals surface area contributed by atoms with E-state index in [1.807, 2.05) is 38.1 Å². The summed E-state index contributed by atoms with van der Waals surface area (Å²) in [4.78, 5) is 12.2. The van der Waals surface area contributed by atoms with Crippen LogP contribution in [-0.4, -0.2) is 19.0 Å². The molecule has 17 heavy (non-hydrogen) atoms. The third-order valence-corrected chi connectivity index (χ3v) is 2.79. The molecule has 0 amide bonds. The number of carbonyl (C=O) groups excluding carboxylic acids is 1. The molecular formula is C14H16O3. The van der Waals surface area contributed by atoms with Crippen LogP contribution in [0.5, 0.6) is 0 Å². The molecule has 0 aliphatic heterocycles. The minimum atomic E-state index is -0.449. The molecular weight excluding hydrogens is 216 g/mol. The van der Waals surface area contributed by atoms with E-state index in [1.54, 1.807) is 13.2 Å². The highest BCUT2D eigenvalue weighted by molar-refractivity contribution is 6.00. The monoisotopic (exact) mass is 232 g/mol. The Morgan fingerprint density at radius 3 is 2.59 bits per heavy atom. The van der Waals surface area contributed by atoms with Crippen LogP contribution in [0.15, 0.2) is 34.7 Å². The zero-order chi connectivity index (χ0) is 12.4. The van der Waals surface area contributed by atoms with Crippen LogP contribution in [0, 0.1) is 5.92 Å². The zero-order valence-electron chi connectivity index (χ0n) is 10.3. The topological polar surface area (TPSA) is 39.4 Å². The number of carbonyl (C=O) groups is 1. The van der Waals surface area contributed by atoms with Gasteiger partial charge in [0.2, 0.25) is 5.78 Å². The summed E-state index contributed by atoms with van der Waals surface area (Å²) in [6, 6.07) is 9.35. The van der Waals surface area contributed by atoms with Crippen molar-refractivity contribution in [3.8, 4) is 0 Å². The minimum Gasteiger partial charge on any atom is -0.453 e. The molecule has 3 nitrogen and oxygen atoms in total. The molecule has 0 saturated carbocycles. The Morgan fingerprint density at radius 1 is 1.29 bits per heavy atom. The lowest BCUT2D eigenvalue weighted by atomic mass is 10.0. The van der Waals surface area contributed by atoms with Gasteiger partial charge in [0.15, 0.2) is 5.76 Å². The van der Waals surface area contributed by atoms with Crippen LogP contribution >= 0.6 is 0 Å². The summed E-state index contributed by atoms with van der Waals surface area (Å²) in [6.07, 6.45) is -0.449. The first-order valence-electron chi connectivity index (χ1n) is 5.69. The number of ether oxygens (including phenoxy) is 1. The van der Waals surface area contributed by atoms with Crippen LogP contribution in [0.4, 0.5) is 0 Å². The van der Waals surface area contributed by atoms with Crippen molar-refractivity contribution < 1.29 is 13.9 Å². The van der Waals surface area contributed by atoms with Gasteiger partial charge >= 0.3 is 0 Å². The smallest absolute Gasteiger partial charge is 0.226 e. The van der Waals surface area contributed by atoms with Crippen molar-refractivity contribution in [2.45, 2.75) is 20.0 Å². The molecule has 0 N–H and O–H groups in total. The summed E-state index contributed by atoms with van der Waals surface area (Å²) in [5.41, 5.74) is 0.731. The van der Waals surface area contributed by atoms with Gasteiger partial charge in [-0.1, -0.05) is 32.0 Å². The van der Waals surface area contributed by atoms with E-state index in [9.17, 15) is 4.79 Å². The molecule has 2 aromatic rings. The molecule has 1 atom stereocenters. The molecule has 0 saturated heterocycles. The van der Waals surface area contributed by atoms with Crippen molar-refractivity contribution in [2.24, 2.45) is 5.92 Å². The summed E-state index contributed by atoms with van der Waals surface area (Å²) in [7, 11) is 1.55. The molecule has 3 heteroatoms. The third kappa shape index (κ3) is 2.24. The first kappa shape index (κ1) is 11.9. The highest BCUT2D eigenvalue weighted by Gasteiger charge is 2.25. The molecule has 1 aromatic carbocycles. The summed E-state index contributed by atoms with van der Waals surface area (Å²) in [5.74, 6) is 0.395. The molecule has 1 aromatic heterocycles. The van der Waals surface area contributed by atoms with E-state index < -0.39 is 6.10 Å². The zero-order valence-corrected chi connectivity index (χ0v) is 10.3. The SMILES string of the molecule is COC(C(=O)c1cc2ccccc2o1)C(C)C. The number of para-hydroxylation sites is 1. The lowest BCUT2D eigenvalue weighted by Gasteiger charge is -2.15. The summed E-state index contributed by atoms with van der Waals surface area (Å²) >= 11 is 0. The highest BCUT2D eigenvalue weighted by atomic mass is 16.5. The van der Waals surface area contributed by atoms with E-state index in [0.717, 1.165) is 11.0 Å². The largest absolute Gasteiger partial charge is 0.453 e. The van der Waals surface area contributed by atoms with Gasteiger partial charge in [-0.05, 0) is 18.1 Å². The van der Waals surface area contributed by atoms with Crippen molar-refractivity contribution in [1.29, 1.82) is 0 Å². The second-order valence-corrected chi connectivity index (χ2v) is 4.41. The molecule has 2 rings (SSSR count). The van der Waals surface area contributed by atoms with Gasteiger partial charge < -0.3 is 9.15 Å². The van der Waals surface area contributed by atoms with Gasteiger partial charge in [-0.25, -0.2) is 0 Å². The number of fused-ring (bicyclic) bond motifs is 1. The Labute approximate surface area is 100 Å². The maximum absolute atomic E-state index is 12.2. The highest BCUT2D eigenvalue weighted by Crippen LogP contribution is 2.22. The quantitative estimate of drug-likeness (QED) is 0.759. The van der Waals surface area contributed by atoms with Gasteiger partial charge in [-0.15, -0.1) is 0 Å². The molecule has 0 bridgehead atoms. The molecule has 0 radical (unpaired) electrons. The van der Waals surface area contributed by atoms with Gasteiger partial charge in [0, 0.05) is 12.5 Å². The predicted molar refractivity (Wildman–Crippen MR) is 66.2 cm³/mol. The maximum atomic E-state index is 12.2. The molecule has 90 valence electrons. The van der Waals surface area contributed by atoms with E-state index in [1.165, 1.54) is 0 Å². The van der Waals surface area contributed by atoms with E-state index in [4.69, 9.17) is 9.15 Å². The lowest BCUT2D eigenvalue weighted by molar-refractivity contribution is 0.0435. The predicted octanol–water partition coefficient (Wildman–Crippen LogP) is 3.29. The van der Waals surface area contributed by atoms with Gasteiger partial charge in [0.1, 0.15) is 11.7 Å². The first-order valence-corrected chi connectivity index (χ1v) is 5.69. The van der Waals surface area contributed by atoms with E-state index in [-0.39, 0.29) is 11.7 Å². The van der Waals surface area contributed by atoms with Gasteiger partial charge in [0.25, 0.3) is 0 Å². The van der Waals surface area contributed by atoms with Crippen molar-refractivity contribution in [2.75, 3.05) is 7.11 Å². The molecule has 1 heterocycles. The number of furan rings is 1. The first-order chi connectivity index (χ1) is 8.13. The molecule has 0 spiro atoms. The fourth-order valence-corrected chi connectivity index (χ4v) is 1.93. The average Bonchev–Trinajstić information content (AvgIpc) is 2.72. The molecule has 0 fully saturated rings. The Kier molecular flexibility index (Phi) is 3.29. The van der Waals surface area contributed by atoms with E-state index >= 15 is 0 Å². The standard InChI is InChI=1S/C14H16O3/c1-9(2)14(16-3)13(15)12-8-10-6-4-5-7-11(10)17-12/h4-9,14H,1-3H3. The number of hydrogen-bond acceptors (Lipinski definition) is 3. The van der Waals surface area contributed by atoms with Crippen molar-refractivity contribution >= 4 is 16.8 Å². The summed E-state index contributed by atoms with van der Waals surface area (Å²) < 4.78 is 10.7. The van der Waals surface area contributed by atoms with Crippen molar-refractivity contribution in [3.63, 3.8) is 0 Å². The van der Waals surface area contributed by atoms with Crippen LogP contribution in [0.25, 0.3) is 11.0 Å². The Morgan fingerprint density at radius 2 is 2.00 bits per heavy atom. The minimum absolute atomic E-state index is 0.0984. The molecule has 1 unspecified atom stereocenters. The Balaban J connectivity index is 2.36. The van der Waals surface area contributed by atoms with Gasteiger partial charge in [0.05, 0.1) is 0 Å². The number of rotatable bonds is 4. The summed E-state index contributed by atoms with van der Waals surface area (Å²) in [5, 5.41) is 0.939. The van der Waals surface area contributed by atoms with Crippen LogP contribution < -0.4 is 0 Å². The van der Waals surface area contributed by atoms with Crippen LogP contribution in [0.1, 0.15) is 24.4 Å². The second kappa shape index (κ2) is 4.72. The molecule has 0 aliphatic carbocycles.